The quantitative estimate of drug-likeness (QED) is 0.530. The van der Waals surface area contributed by atoms with Gasteiger partial charge in [-0.25, -0.2) is 0 Å². The van der Waals surface area contributed by atoms with E-state index < -0.39 is 0 Å². The number of rotatable bonds is 0. The van der Waals surface area contributed by atoms with Gasteiger partial charge in [0.2, 0.25) is 0 Å². The normalized spacial score (nSPS) is 0. The molecule has 0 aliphatic heterocycles. The molecule has 0 rings (SSSR count). The van der Waals surface area contributed by atoms with Crippen LogP contribution in [0.25, 0.3) is 0 Å². The van der Waals surface area contributed by atoms with Gasteiger partial charge in [-0.1, -0.05) is 0 Å². The first-order chi connectivity index (χ1) is 0. The Kier molecular flexibility index (Phi) is 112. The predicted molar refractivity (Wildman–Crippen MR) is 5.75 cm³/mol. The Morgan fingerprint density at radius 1 is 1.00 bits per heavy atom. The van der Waals surface area contributed by atoms with Gasteiger partial charge >= 0.3 is 98.4 Å². The van der Waals surface area contributed by atoms with Gasteiger partial charge in [-0.05, 0) is 0 Å². The van der Waals surface area contributed by atoms with Crippen LogP contribution in [0.1, 0.15) is 0 Å². The molecule has 4 heavy (non-hydrogen) atoms. The molecule has 0 aliphatic carbocycles. The van der Waals surface area contributed by atoms with Gasteiger partial charge in [-0.2, -0.15) is 0 Å². The molecule has 0 saturated heterocycles. The average Bonchev–Trinajstić information content (AvgIpc) is 0. The van der Waals surface area contributed by atoms with Crippen LogP contribution < -0.4 is 0 Å². The maximum Gasteiger partial charge on any atom is 3.00 e. The SMILES string of the molecule is [Ce+3].[Fe+2].[Mg+2].[Ni+2]. The minimum Gasteiger partial charge on any atom is 2.00 e. The standard InChI is InChI=1S/Ce.Fe.Mg.Ni/q+3;3*+2. The Bertz CT molecular complexity index is 8.00. The van der Waals surface area contributed by atoms with Crippen LogP contribution in [0.15, 0.2) is 0 Å². The number of hydrogen-bond donors (Lipinski definition) is 0. The first-order valence-electron chi connectivity index (χ1n) is 0. The molecule has 0 atom stereocenters. The summed E-state index contributed by atoms with van der Waals surface area (Å²) in [4.78, 5) is 0. The summed E-state index contributed by atoms with van der Waals surface area (Å²) < 4.78 is 0. The van der Waals surface area contributed by atoms with Crippen molar-refractivity contribution >= 4 is 23.1 Å². The van der Waals surface area contributed by atoms with E-state index in [1.807, 2.05) is 0 Å². The molecular weight excluding hydrogens is 279 g/mol. The fraction of sp³-hybridized carbons (Fsp3) is 0. The van der Waals surface area contributed by atoms with Crippen molar-refractivity contribution in [3.63, 3.8) is 0 Å². The van der Waals surface area contributed by atoms with E-state index in [1.165, 1.54) is 0 Å². The van der Waals surface area contributed by atoms with Crippen LogP contribution in [0.3, 0.4) is 0 Å². The van der Waals surface area contributed by atoms with Crippen LogP contribution >= 0.6 is 0 Å². The van der Waals surface area contributed by atoms with Crippen molar-refractivity contribution in [2.75, 3.05) is 0 Å². The van der Waals surface area contributed by atoms with Crippen molar-refractivity contribution in [1.82, 2.24) is 0 Å². The van der Waals surface area contributed by atoms with Gasteiger partial charge in [0.1, 0.15) is 0 Å². The van der Waals surface area contributed by atoms with Gasteiger partial charge in [0, 0.05) is 0 Å². The van der Waals surface area contributed by atoms with E-state index in [-0.39, 0.29) is 98.4 Å². The van der Waals surface area contributed by atoms with Gasteiger partial charge in [-0.15, -0.1) is 0 Å². The molecule has 0 aliphatic rings. The molecule has 0 heterocycles. The Morgan fingerprint density at radius 2 is 1.00 bits per heavy atom. The maximum absolute atomic E-state index is 0. The molecule has 0 bridgehead atoms. The summed E-state index contributed by atoms with van der Waals surface area (Å²) >= 11 is 0. The fourth-order valence-corrected chi connectivity index (χ4v) is 0. The van der Waals surface area contributed by atoms with Crippen molar-refractivity contribution < 1.29 is 75.3 Å². The van der Waals surface area contributed by atoms with Crippen molar-refractivity contribution in [3.05, 3.63) is 0 Å². The minimum absolute atomic E-state index is 0. The van der Waals surface area contributed by atoms with E-state index in [2.05, 4.69) is 0 Å². The third-order valence-electron chi connectivity index (χ3n) is 0. The fourth-order valence-electron chi connectivity index (χ4n) is 0. The Labute approximate surface area is 96.2 Å². The molecule has 0 aromatic carbocycles. The molecule has 0 N–H and O–H groups in total. The van der Waals surface area contributed by atoms with Crippen molar-refractivity contribution in [1.29, 1.82) is 0 Å². The summed E-state index contributed by atoms with van der Waals surface area (Å²) in [6, 6.07) is 0. The van der Waals surface area contributed by atoms with E-state index in [1.54, 1.807) is 0 Å². The molecule has 4 heteroatoms. The van der Waals surface area contributed by atoms with Crippen molar-refractivity contribution in [2.24, 2.45) is 0 Å². The van der Waals surface area contributed by atoms with E-state index in [4.69, 9.17) is 0 Å². The summed E-state index contributed by atoms with van der Waals surface area (Å²) in [6.07, 6.45) is 0. The zero-order chi connectivity index (χ0) is 0. The summed E-state index contributed by atoms with van der Waals surface area (Å²) in [7, 11) is 0. The molecule has 1 radical (unpaired) electrons. The Hall–Kier alpha value is 3.16. The largest absolute Gasteiger partial charge is 3.00 e. The Balaban J connectivity index is 0. The van der Waals surface area contributed by atoms with E-state index >= 15 is 0 Å². The Morgan fingerprint density at radius 3 is 1.00 bits per heavy atom. The molecule has 0 unspecified atom stereocenters. The summed E-state index contributed by atoms with van der Waals surface area (Å²) in [5.74, 6) is 0. The number of hydrogen-bond acceptors (Lipinski definition) is 0. The molecule has 0 fully saturated rings. The van der Waals surface area contributed by atoms with Gasteiger partial charge < -0.3 is 0 Å². The van der Waals surface area contributed by atoms with Crippen LogP contribution in [0.5, 0.6) is 0 Å². The molecule has 0 saturated carbocycles. The molecule has 0 aromatic heterocycles. The van der Waals surface area contributed by atoms with Crippen molar-refractivity contribution in [2.45, 2.75) is 0 Å². The summed E-state index contributed by atoms with van der Waals surface area (Å²) in [5.41, 5.74) is 0. The molecule has 0 aromatic rings. The molecule has 15 valence electrons. The first-order valence-corrected chi connectivity index (χ1v) is 0. The topological polar surface area (TPSA) is 0 Å². The van der Waals surface area contributed by atoms with Crippen LogP contribution in [-0.4, -0.2) is 23.1 Å². The smallest absolute Gasteiger partial charge is 2.00 e. The van der Waals surface area contributed by atoms with Crippen LogP contribution in [0, 0.1) is 41.7 Å². The molecule has 0 nitrogen and oxygen atoms in total. The third kappa shape index (κ3) is 8.94. The molecular formula is CeFeMgNi+9. The third-order valence-corrected chi connectivity index (χ3v) is 0. The summed E-state index contributed by atoms with van der Waals surface area (Å²) in [5, 5.41) is 0. The molecule has 0 spiro atoms. The van der Waals surface area contributed by atoms with Gasteiger partial charge in [-0.3, -0.25) is 0 Å². The van der Waals surface area contributed by atoms with Gasteiger partial charge in [0.15, 0.2) is 0 Å². The predicted octanol–water partition coefficient (Wildman–Crippen LogP) is -0.386. The second kappa shape index (κ2) is 16.4. The zero-order valence-corrected chi connectivity index (χ0v) is 8.52. The average molecular weight is 279 g/mol. The van der Waals surface area contributed by atoms with Crippen LogP contribution in [0.4, 0.5) is 0 Å². The monoisotopic (exact) mass is 278 g/mol. The second-order valence-corrected chi connectivity index (χ2v) is 0. The zero-order valence-electron chi connectivity index (χ0n) is 1.88. The van der Waals surface area contributed by atoms with E-state index in [9.17, 15) is 0 Å². The first kappa shape index (κ1) is 27.2. The van der Waals surface area contributed by atoms with Gasteiger partial charge in [0.05, 0.1) is 0 Å². The maximum atomic E-state index is 0. The van der Waals surface area contributed by atoms with Gasteiger partial charge in [0.25, 0.3) is 0 Å². The molecule has 0 amide bonds. The van der Waals surface area contributed by atoms with Crippen LogP contribution in [-0.2, 0) is 33.6 Å². The van der Waals surface area contributed by atoms with E-state index in [0.717, 1.165) is 0 Å². The van der Waals surface area contributed by atoms with Crippen LogP contribution in [0.2, 0.25) is 0 Å². The van der Waals surface area contributed by atoms with Crippen molar-refractivity contribution in [3.8, 4) is 0 Å². The van der Waals surface area contributed by atoms with E-state index in [0.29, 0.717) is 0 Å². The summed E-state index contributed by atoms with van der Waals surface area (Å²) in [6.45, 7) is 0. The second-order valence-electron chi connectivity index (χ2n) is 0. The minimum atomic E-state index is 0.